The van der Waals surface area contributed by atoms with Crippen LogP contribution in [0.2, 0.25) is 0 Å². The third-order valence-electron chi connectivity index (χ3n) is 5.05. The summed E-state index contributed by atoms with van der Waals surface area (Å²) in [4.78, 5) is 7.19. The van der Waals surface area contributed by atoms with Crippen molar-refractivity contribution in [1.82, 2.24) is 4.90 Å². The van der Waals surface area contributed by atoms with Crippen molar-refractivity contribution in [3.05, 3.63) is 11.6 Å². The number of hydrogen-bond acceptors (Lipinski definition) is 1. The molecule has 0 radical (unpaired) electrons. The van der Waals surface area contributed by atoms with Crippen molar-refractivity contribution < 1.29 is 0 Å². The van der Waals surface area contributed by atoms with Crippen molar-refractivity contribution in [2.45, 2.75) is 86.2 Å². The lowest BCUT2D eigenvalue weighted by atomic mass is 9.64. The molecule has 2 atom stereocenters. The summed E-state index contributed by atoms with van der Waals surface area (Å²) in [7, 11) is 1.93. The summed E-state index contributed by atoms with van der Waals surface area (Å²) < 4.78 is 0. The average Bonchev–Trinajstić information content (AvgIpc) is 2.36. The van der Waals surface area contributed by atoms with E-state index in [-0.39, 0.29) is 0 Å². The van der Waals surface area contributed by atoms with Gasteiger partial charge in [0.1, 0.15) is 5.84 Å². The summed E-state index contributed by atoms with van der Waals surface area (Å²) in [6, 6.07) is 1.11. The largest absolute Gasteiger partial charge is 0.351 e. The smallest absolute Gasteiger partial charge is 0.123 e. The van der Waals surface area contributed by atoms with Gasteiger partial charge in [-0.3, -0.25) is 4.99 Å². The van der Waals surface area contributed by atoms with Crippen LogP contribution in [0.5, 0.6) is 0 Å². The van der Waals surface area contributed by atoms with Crippen LogP contribution in [0.4, 0.5) is 0 Å². The van der Waals surface area contributed by atoms with E-state index in [4.69, 9.17) is 0 Å². The first-order valence-corrected chi connectivity index (χ1v) is 8.64. The summed E-state index contributed by atoms with van der Waals surface area (Å²) in [6.45, 7) is 16.2. The average molecular weight is 293 g/mol. The molecule has 21 heavy (non-hydrogen) atoms. The summed E-state index contributed by atoms with van der Waals surface area (Å²) in [5.74, 6) is 1.90. The zero-order valence-electron chi connectivity index (χ0n) is 15.5. The van der Waals surface area contributed by atoms with E-state index < -0.39 is 0 Å². The molecule has 1 aliphatic rings. The van der Waals surface area contributed by atoms with Crippen molar-refractivity contribution in [1.29, 1.82) is 0 Å². The van der Waals surface area contributed by atoms with Gasteiger partial charge in [-0.1, -0.05) is 39.2 Å². The fourth-order valence-corrected chi connectivity index (χ4v) is 4.16. The van der Waals surface area contributed by atoms with Crippen molar-refractivity contribution in [2.24, 2.45) is 16.3 Å². The second-order valence-electron chi connectivity index (χ2n) is 7.77. The summed E-state index contributed by atoms with van der Waals surface area (Å²) in [5.41, 5.74) is 1.76. The van der Waals surface area contributed by atoms with Crippen molar-refractivity contribution in [2.75, 3.05) is 7.05 Å². The van der Waals surface area contributed by atoms with Gasteiger partial charge in [-0.05, 0) is 57.9 Å². The molecule has 1 rings (SSSR count). The van der Waals surface area contributed by atoms with Crippen LogP contribution in [-0.4, -0.2) is 29.9 Å². The van der Waals surface area contributed by atoms with Crippen molar-refractivity contribution >= 4 is 5.84 Å². The fraction of sp³-hybridized carbons (Fsp3) is 0.842. The van der Waals surface area contributed by atoms with Gasteiger partial charge in [-0.2, -0.15) is 0 Å². The molecule has 122 valence electrons. The Morgan fingerprint density at radius 2 is 1.95 bits per heavy atom. The topological polar surface area (TPSA) is 15.6 Å². The summed E-state index contributed by atoms with van der Waals surface area (Å²) in [6.07, 6.45) is 7.50. The zero-order valence-corrected chi connectivity index (χ0v) is 15.5. The molecule has 0 saturated heterocycles. The molecule has 2 heteroatoms. The molecule has 0 spiro atoms. The predicted octanol–water partition coefficient (Wildman–Crippen LogP) is 5.30. The van der Waals surface area contributed by atoms with Gasteiger partial charge in [-0.15, -0.1) is 0 Å². The molecule has 0 aromatic carbocycles. The van der Waals surface area contributed by atoms with Crippen LogP contribution in [0.3, 0.4) is 0 Å². The van der Waals surface area contributed by atoms with Crippen molar-refractivity contribution in [3.63, 3.8) is 0 Å². The van der Waals surface area contributed by atoms with E-state index in [0.29, 0.717) is 17.5 Å². The van der Waals surface area contributed by atoms with Gasteiger partial charge in [0.25, 0.3) is 0 Å². The highest BCUT2D eigenvalue weighted by Gasteiger charge is 2.41. The van der Waals surface area contributed by atoms with Crippen LogP contribution in [0.25, 0.3) is 0 Å². The van der Waals surface area contributed by atoms with Crippen LogP contribution in [0, 0.1) is 11.3 Å². The molecule has 0 aromatic rings. The Kier molecular flexibility index (Phi) is 6.49. The van der Waals surface area contributed by atoms with Gasteiger partial charge in [0.2, 0.25) is 0 Å². The Bertz CT molecular complexity index is 386. The van der Waals surface area contributed by atoms with E-state index in [1.54, 1.807) is 0 Å². The Hall–Kier alpha value is -0.790. The minimum Gasteiger partial charge on any atom is -0.351 e. The molecule has 0 N–H and O–H groups in total. The van der Waals surface area contributed by atoms with E-state index in [0.717, 1.165) is 11.8 Å². The fourth-order valence-electron chi connectivity index (χ4n) is 4.16. The SMILES string of the molecule is CCC1C(N(/C(C=C(C)C)=N\C)C(C)C)CCCC1(C)C. The molecule has 1 aliphatic carbocycles. The van der Waals surface area contributed by atoms with E-state index >= 15 is 0 Å². The van der Waals surface area contributed by atoms with Crippen LogP contribution in [0.15, 0.2) is 16.6 Å². The molecule has 0 heterocycles. The Morgan fingerprint density at radius 1 is 1.33 bits per heavy atom. The van der Waals surface area contributed by atoms with Gasteiger partial charge in [0.05, 0.1) is 0 Å². The van der Waals surface area contributed by atoms with E-state index in [1.165, 1.54) is 31.3 Å². The minimum atomic E-state index is 0.439. The molecule has 0 amide bonds. The van der Waals surface area contributed by atoms with Gasteiger partial charge in [0, 0.05) is 19.1 Å². The van der Waals surface area contributed by atoms with Crippen LogP contribution < -0.4 is 0 Å². The maximum absolute atomic E-state index is 4.61. The van der Waals surface area contributed by atoms with Gasteiger partial charge >= 0.3 is 0 Å². The maximum Gasteiger partial charge on any atom is 0.123 e. The normalized spacial score (nSPS) is 25.9. The first-order chi connectivity index (χ1) is 9.74. The highest BCUT2D eigenvalue weighted by Crippen LogP contribution is 2.44. The Labute approximate surface area is 132 Å². The number of amidine groups is 1. The number of hydrogen-bond donors (Lipinski definition) is 0. The van der Waals surface area contributed by atoms with E-state index in [9.17, 15) is 0 Å². The van der Waals surface area contributed by atoms with Crippen LogP contribution in [-0.2, 0) is 0 Å². The number of nitrogens with zero attached hydrogens (tertiary/aromatic N) is 2. The lowest BCUT2D eigenvalue weighted by molar-refractivity contribution is 0.0404. The lowest BCUT2D eigenvalue weighted by Gasteiger charge is -2.50. The third kappa shape index (κ3) is 4.34. The number of allylic oxidation sites excluding steroid dienone is 1. The van der Waals surface area contributed by atoms with Gasteiger partial charge < -0.3 is 4.90 Å². The molecular formula is C19H36N2. The monoisotopic (exact) mass is 292 g/mol. The third-order valence-corrected chi connectivity index (χ3v) is 5.05. The quantitative estimate of drug-likeness (QED) is 0.507. The highest BCUT2D eigenvalue weighted by molar-refractivity contribution is 5.93. The zero-order chi connectivity index (χ0) is 16.2. The molecule has 0 bridgehead atoms. The molecule has 1 fully saturated rings. The van der Waals surface area contributed by atoms with Crippen molar-refractivity contribution in [3.8, 4) is 0 Å². The maximum atomic E-state index is 4.61. The summed E-state index contributed by atoms with van der Waals surface area (Å²) in [5, 5.41) is 0. The van der Waals surface area contributed by atoms with E-state index in [1.807, 2.05) is 7.05 Å². The highest BCUT2D eigenvalue weighted by atomic mass is 15.2. The predicted molar refractivity (Wildman–Crippen MR) is 95.0 cm³/mol. The molecule has 2 nitrogen and oxygen atoms in total. The summed E-state index contributed by atoms with van der Waals surface area (Å²) >= 11 is 0. The molecular weight excluding hydrogens is 256 g/mol. The first kappa shape index (κ1) is 18.3. The molecule has 0 aliphatic heterocycles. The van der Waals surface area contributed by atoms with E-state index in [2.05, 4.69) is 64.4 Å². The van der Waals surface area contributed by atoms with Gasteiger partial charge in [0.15, 0.2) is 0 Å². The lowest BCUT2D eigenvalue weighted by Crippen LogP contribution is -2.53. The first-order valence-electron chi connectivity index (χ1n) is 8.64. The van der Waals surface area contributed by atoms with Gasteiger partial charge in [-0.25, -0.2) is 0 Å². The molecule has 1 saturated carbocycles. The van der Waals surface area contributed by atoms with Crippen LogP contribution in [0.1, 0.15) is 74.1 Å². The molecule has 2 unspecified atom stereocenters. The standard InChI is InChI=1S/C19H36N2/c1-9-16-17(11-10-12-19(16,6)7)21(15(4)5)18(20-8)13-14(2)3/h13,15-17H,9-12H2,1-8H3/b20-18-. The Morgan fingerprint density at radius 3 is 2.38 bits per heavy atom. The second-order valence-corrected chi connectivity index (χ2v) is 7.77. The van der Waals surface area contributed by atoms with Crippen LogP contribution >= 0.6 is 0 Å². The second kappa shape index (κ2) is 7.47. The number of rotatable bonds is 4. The minimum absolute atomic E-state index is 0.439. The molecule has 0 aromatic heterocycles. The Balaban J connectivity index is 3.17. The number of aliphatic imine (C=N–C) groups is 1.